The molecule has 29 heavy (non-hydrogen) atoms. The van der Waals surface area contributed by atoms with Crippen LogP contribution in [0.5, 0.6) is 5.75 Å². The molecule has 2 N–H and O–H groups in total. The van der Waals surface area contributed by atoms with Crippen LogP contribution < -0.4 is 15.4 Å². The van der Waals surface area contributed by atoms with Gasteiger partial charge in [0.25, 0.3) is 5.91 Å². The highest BCUT2D eigenvalue weighted by Gasteiger charge is 2.40. The number of methoxy groups -OCH3 is 1. The molecule has 2 aliphatic rings. The first-order valence-electron chi connectivity index (χ1n) is 9.45. The molecule has 2 aliphatic heterocycles. The molecule has 2 heterocycles. The first kappa shape index (κ1) is 19.4. The molecule has 1 atom stereocenters. The second-order valence-electron chi connectivity index (χ2n) is 7.02. The summed E-state index contributed by atoms with van der Waals surface area (Å²) in [6.45, 7) is 1.02. The van der Waals surface area contributed by atoms with Crippen LogP contribution in [0.4, 0.5) is 4.79 Å². The lowest BCUT2D eigenvalue weighted by atomic mass is 9.96. The van der Waals surface area contributed by atoms with E-state index in [4.69, 9.17) is 4.74 Å². The molecule has 0 fully saturated rings. The average molecular weight is 410 g/mol. The molecule has 7 heteroatoms. The van der Waals surface area contributed by atoms with Gasteiger partial charge in [-0.1, -0.05) is 24.3 Å². The van der Waals surface area contributed by atoms with Gasteiger partial charge in [0.2, 0.25) is 0 Å². The Balaban J connectivity index is 1.49. The van der Waals surface area contributed by atoms with E-state index in [-0.39, 0.29) is 11.9 Å². The fourth-order valence-corrected chi connectivity index (χ4v) is 4.12. The van der Waals surface area contributed by atoms with Crippen molar-refractivity contribution in [3.05, 3.63) is 70.9 Å². The van der Waals surface area contributed by atoms with Crippen molar-refractivity contribution in [1.29, 1.82) is 0 Å². The topological polar surface area (TPSA) is 70.7 Å². The van der Waals surface area contributed by atoms with Gasteiger partial charge in [-0.15, -0.1) is 11.8 Å². The third kappa shape index (κ3) is 3.96. The Hall–Kier alpha value is -2.93. The van der Waals surface area contributed by atoms with E-state index in [2.05, 4.69) is 10.6 Å². The van der Waals surface area contributed by atoms with Crippen molar-refractivity contribution < 1.29 is 14.3 Å². The minimum absolute atomic E-state index is 0.0278. The zero-order chi connectivity index (χ0) is 20.4. The number of carbonyl (C=O) groups excluding carboxylic acids is 2. The van der Waals surface area contributed by atoms with Crippen LogP contribution in [0.1, 0.15) is 17.2 Å². The fourth-order valence-electron chi connectivity index (χ4n) is 3.71. The van der Waals surface area contributed by atoms with Crippen molar-refractivity contribution in [2.75, 3.05) is 26.5 Å². The Kier molecular flexibility index (Phi) is 5.49. The Morgan fingerprint density at radius 3 is 2.48 bits per heavy atom. The zero-order valence-electron chi connectivity index (χ0n) is 16.4. The molecule has 0 aromatic heterocycles. The Morgan fingerprint density at radius 1 is 1.10 bits per heavy atom. The minimum atomic E-state index is -0.423. The first-order chi connectivity index (χ1) is 14.1. The molecule has 2 aromatic rings. The van der Waals surface area contributed by atoms with Crippen molar-refractivity contribution in [3.8, 4) is 5.75 Å². The van der Waals surface area contributed by atoms with Gasteiger partial charge in [0, 0.05) is 11.4 Å². The van der Waals surface area contributed by atoms with E-state index in [0.29, 0.717) is 24.4 Å². The number of urea groups is 1. The molecule has 0 radical (unpaired) electrons. The first-order valence-corrected chi connectivity index (χ1v) is 10.7. The number of hydrogen-bond donors (Lipinski definition) is 2. The summed E-state index contributed by atoms with van der Waals surface area (Å²) in [4.78, 5) is 28.2. The van der Waals surface area contributed by atoms with Crippen molar-refractivity contribution in [3.63, 3.8) is 0 Å². The Labute approximate surface area is 174 Å². The van der Waals surface area contributed by atoms with Crippen molar-refractivity contribution in [2.45, 2.75) is 17.4 Å². The zero-order valence-corrected chi connectivity index (χ0v) is 17.2. The number of carbonyl (C=O) groups is 2. The second kappa shape index (κ2) is 8.21. The van der Waals surface area contributed by atoms with Gasteiger partial charge in [0.05, 0.1) is 31.0 Å². The molecule has 0 bridgehead atoms. The monoisotopic (exact) mass is 409 g/mol. The van der Waals surface area contributed by atoms with Gasteiger partial charge in [-0.05, 0) is 48.1 Å². The van der Waals surface area contributed by atoms with Gasteiger partial charge in [0.1, 0.15) is 5.75 Å². The third-order valence-electron chi connectivity index (χ3n) is 5.30. The molecular weight excluding hydrogens is 386 g/mol. The van der Waals surface area contributed by atoms with E-state index in [0.717, 1.165) is 28.2 Å². The lowest BCUT2D eigenvalue weighted by Gasteiger charge is -2.25. The molecule has 0 saturated heterocycles. The summed E-state index contributed by atoms with van der Waals surface area (Å²) in [5.74, 6) is 0.784. The molecule has 0 saturated carbocycles. The fraction of sp³-hybridized carbons (Fsp3) is 0.273. The summed E-state index contributed by atoms with van der Waals surface area (Å²) in [5, 5.41) is 5.72. The van der Waals surface area contributed by atoms with Gasteiger partial charge < -0.3 is 20.3 Å². The predicted octanol–water partition coefficient (Wildman–Crippen LogP) is 3.11. The van der Waals surface area contributed by atoms with Crippen molar-refractivity contribution in [1.82, 2.24) is 15.5 Å². The third-order valence-corrected chi connectivity index (χ3v) is 6.04. The quantitative estimate of drug-likeness (QED) is 0.720. The maximum atomic E-state index is 13.1. The molecule has 2 aromatic carbocycles. The number of ether oxygens (including phenoxy) is 1. The second-order valence-corrected chi connectivity index (χ2v) is 7.90. The van der Waals surface area contributed by atoms with Crippen molar-refractivity contribution >= 4 is 23.7 Å². The number of benzene rings is 2. The van der Waals surface area contributed by atoms with Crippen LogP contribution in [0.15, 0.2) is 64.7 Å². The number of nitrogens with zero attached hydrogens (tertiary/aromatic N) is 1. The summed E-state index contributed by atoms with van der Waals surface area (Å²) in [6.07, 6.45) is 2.76. The highest BCUT2D eigenvalue weighted by atomic mass is 32.2. The van der Waals surface area contributed by atoms with Crippen LogP contribution in [0.3, 0.4) is 0 Å². The SMILES string of the molecule is COc1ccc(CCN2CC3=C(C2=O)[C@@H](c2ccc(SC)cc2)NC(=O)N3)cc1. The van der Waals surface area contributed by atoms with Crippen LogP contribution in [-0.2, 0) is 11.2 Å². The van der Waals surface area contributed by atoms with E-state index in [1.165, 1.54) is 0 Å². The van der Waals surface area contributed by atoms with Gasteiger partial charge in [-0.3, -0.25) is 4.79 Å². The van der Waals surface area contributed by atoms with E-state index in [1.807, 2.05) is 54.8 Å². The summed E-state index contributed by atoms with van der Waals surface area (Å²) in [7, 11) is 1.64. The van der Waals surface area contributed by atoms with E-state index >= 15 is 0 Å². The summed E-state index contributed by atoms with van der Waals surface area (Å²) in [5.41, 5.74) is 3.38. The van der Waals surface area contributed by atoms with Crippen molar-refractivity contribution in [2.24, 2.45) is 0 Å². The molecule has 0 unspecified atom stereocenters. The van der Waals surface area contributed by atoms with Gasteiger partial charge in [-0.2, -0.15) is 0 Å². The largest absolute Gasteiger partial charge is 0.497 e. The normalized spacial score (nSPS) is 18.4. The summed E-state index contributed by atoms with van der Waals surface area (Å²) >= 11 is 1.66. The minimum Gasteiger partial charge on any atom is -0.497 e. The summed E-state index contributed by atoms with van der Waals surface area (Å²) < 4.78 is 5.19. The Bertz CT molecular complexity index is 954. The van der Waals surface area contributed by atoms with E-state index in [1.54, 1.807) is 23.8 Å². The van der Waals surface area contributed by atoms with Crippen LogP contribution in [0, 0.1) is 0 Å². The standard InChI is InChI=1S/C22H23N3O3S/c1-28-16-7-3-14(4-8-16)11-12-25-13-18-19(21(25)26)20(24-22(27)23-18)15-5-9-17(29-2)10-6-15/h3-10,20H,11-13H2,1-2H3,(H2,23,24,27)/t20-/m1/s1. The van der Waals surface area contributed by atoms with E-state index in [9.17, 15) is 9.59 Å². The van der Waals surface area contributed by atoms with Gasteiger partial charge in [0.15, 0.2) is 0 Å². The number of nitrogens with one attached hydrogen (secondary N) is 2. The van der Waals surface area contributed by atoms with Crippen LogP contribution in [0.25, 0.3) is 0 Å². The average Bonchev–Trinajstić information content (AvgIpc) is 3.07. The number of hydrogen-bond acceptors (Lipinski definition) is 4. The van der Waals surface area contributed by atoms with E-state index < -0.39 is 6.04 Å². The predicted molar refractivity (Wildman–Crippen MR) is 113 cm³/mol. The molecule has 150 valence electrons. The molecule has 4 rings (SSSR count). The lowest BCUT2D eigenvalue weighted by Crippen LogP contribution is -2.44. The number of thioether (sulfide) groups is 1. The van der Waals surface area contributed by atoms with Crippen LogP contribution in [0.2, 0.25) is 0 Å². The molecule has 0 aliphatic carbocycles. The molecular formula is C22H23N3O3S. The maximum Gasteiger partial charge on any atom is 0.319 e. The van der Waals surface area contributed by atoms with Gasteiger partial charge in [-0.25, -0.2) is 4.79 Å². The highest BCUT2D eigenvalue weighted by Crippen LogP contribution is 2.33. The van der Waals surface area contributed by atoms with Gasteiger partial charge >= 0.3 is 6.03 Å². The smallest absolute Gasteiger partial charge is 0.319 e. The molecule has 3 amide bonds. The highest BCUT2D eigenvalue weighted by molar-refractivity contribution is 7.98. The Morgan fingerprint density at radius 2 is 1.83 bits per heavy atom. The molecule has 6 nitrogen and oxygen atoms in total. The maximum absolute atomic E-state index is 13.1. The molecule has 0 spiro atoms. The lowest BCUT2D eigenvalue weighted by molar-refractivity contribution is -0.125. The van der Waals surface area contributed by atoms with Crippen LogP contribution >= 0.6 is 11.8 Å². The number of rotatable bonds is 6. The number of amides is 3. The van der Waals surface area contributed by atoms with Crippen LogP contribution in [-0.4, -0.2) is 43.3 Å². The summed E-state index contributed by atoms with van der Waals surface area (Å²) in [6, 6.07) is 15.1.